The molecule has 0 unspecified atom stereocenters. The highest BCUT2D eigenvalue weighted by molar-refractivity contribution is 7.21. The second kappa shape index (κ2) is 9.31. The van der Waals surface area contributed by atoms with E-state index in [1.807, 2.05) is 79.7 Å². The van der Waals surface area contributed by atoms with E-state index < -0.39 is 0 Å². The predicted octanol–water partition coefficient (Wildman–Crippen LogP) is 6.47. The molecule has 7 nitrogen and oxygen atoms in total. The van der Waals surface area contributed by atoms with Gasteiger partial charge in [0.15, 0.2) is 0 Å². The Bertz CT molecular complexity index is 1800. The molecule has 3 aromatic carbocycles. The van der Waals surface area contributed by atoms with Crippen molar-refractivity contribution in [2.24, 2.45) is 0 Å². The van der Waals surface area contributed by atoms with Crippen molar-refractivity contribution in [2.75, 3.05) is 11.1 Å². The number of thiazole rings is 1. The number of hydrogen-bond acceptors (Lipinski definition) is 7. The monoisotopic (exact) mass is 524 g/mol. The number of hydrogen-bond donors (Lipinski definition) is 2. The minimum absolute atomic E-state index is 0.144. The first-order valence-electron chi connectivity index (χ1n) is 11.6. The fourth-order valence-electron chi connectivity index (χ4n) is 4.43. The van der Waals surface area contributed by atoms with E-state index in [-0.39, 0.29) is 17.5 Å². The molecular formula is C28H21ClN6OS. The van der Waals surface area contributed by atoms with Gasteiger partial charge in [0.1, 0.15) is 10.8 Å². The molecule has 0 saturated carbocycles. The summed E-state index contributed by atoms with van der Waals surface area (Å²) in [5, 5.41) is 5.91. The van der Waals surface area contributed by atoms with Crippen LogP contribution >= 0.6 is 22.9 Å². The third-order valence-corrected chi connectivity index (χ3v) is 7.55. The zero-order valence-electron chi connectivity index (χ0n) is 19.7. The van der Waals surface area contributed by atoms with Gasteiger partial charge < -0.3 is 11.1 Å². The summed E-state index contributed by atoms with van der Waals surface area (Å²) < 4.78 is 2.76. The van der Waals surface area contributed by atoms with Crippen molar-refractivity contribution >= 4 is 55.7 Å². The highest BCUT2D eigenvalue weighted by Crippen LogP contribution is 2.35. The van der Waals surface area contributed by atoms with Gasteiger partial charge in [-0.1, -0.05) is 54.1 Å². The number of para-hydroxylation sites is 2. The summed E-state index contributed by atoms with van der Waals surface area (Å²) >= 11 is 8.01. The van der Waals surface area contributed by atoms with Gasteiger partial charge in [-0.05, 0) is 48.7 Å². The molecule has 0 saturated heterocycles. The molecule has 6 aromatic rings. The van der Waals surface area contributed by atoms with E-state index in [0.717, 1.165) is 37.6 Å². The number of nitrogen functional groups attached to an aromatic ring is 1. The molecule has 3 heterocycles. The number of halogens is 1. The molecule has 0 fully saturated rings. The van der Waals surface area contributed by atoms with Crippen LogP contribution in [0.5, 0.6) is 0 Å². The van der Waals surface area contributed by atoms with Crippen molar-refractivity contribution < 1.29 is 0 Å². The standard InChI is InChI=1S/C28H21ClN6OS/c1-16(32-25-19(15-31-28(30)34-25)26-33-21-12-5-6-13-23(21)37-26)22-14-17-8-7-11-20(29)24(17)27(36)35(22)18-9-3-2-4-10-18/h2-16H,1H3,(H3,30,31,32,34)/t16-/m0/s1. The van der Waals surface area contributed by atoms with Crippen molar-refractivity contribution in [3.63, 3.8) is 0 Å². The van der Waals surface area contributed by atoms with Crippen LogP contribution < -0.4 is 16.6 Å². The minimum atomic E-state index is -0.335. The quantitative estimate of drug-likeness (QED) is 0.268. The van der Waals surface area contributed by atoms with Crippen LogP contribution in [-0.2, 0) is 0 Å². The molecule has 0 amide bonds. The number of nitrogens with two attached hydrogens (primary N) is 1. The molecule has 37 heavy (non-hydrogen) atoms. The van der Waals surface area contributed by atoms with Crippen molar-refractivity contribution in [1.82, 2.24) is 19.5 Å². The van der Waals surface area contributed by atoms with Crippen LogP contribution in [0.1, 0.15) is 18.7 Å². The van der Waals surface area contributed by atoms with Gasteiger partial charge in [0.05, 0.1) is 32.2 Å². The zero-order valence-corrected chi connectivity index (χ0v) is 21.3. The molecule has 3 aromatic heterocycles. The van der Waals surface area contributed by atoms with E-state index in [1.165, 1.54) is 0 Å². The molecule has 3 N–H and O–H groups in total. The summed E-state index contributed by atoms with van der Waals surface area (Å²) in [4.78, 5) is 27.3. The summed E-state index contributed by atoms with van der Waals surface area (Å²) in [6, 6.07) is 24.6. The predicted molar refractivity (Wildman–Crippen MR) is 152 cm³/mol. The van der Waals surface area contributed by atoms with Gasteiger partial charge in [-0.2, -0.15) is 4.98 Å². The number of benzene rings is 3. The summed E-state index contributed by atoms with van der Waals surface area (Å²) in [6.45, 7) is 1.98. The Kier molecular flexibility index (Phi) is 5.82. The van der Waals surface area contributed by atoms with Crippen LogP contribution in [-0.4, -0.2) is 19.5 Å². The normalized spacial score (nSPS) is 12.2. The summed E-state index contributed by atoms with van der Waals surface area (Å²) in [7, 11) is 0. The van der Waals surface area contributed by atoms with E-state index in [1.54, 1.807) is 28.2 Å². The fraction of sp³-hybridized carbons (Fsp3) is 0.0714. The summed E-state index contributed by atoms with van der Waals surface area (Å²) in [6.07, 6.45) is 1.68. The number of fused-ring (bicyclic) bond motifs is 2. The maximum absolute atomic E-state index is 13.8. The molecule has 0 spiro atoms. The van der Waals surface area contributed by atoms with Gasteiger partial charge in [-0.15, -0.1) is 11.3 Å². The van der Waals surface area contributed by atoms with Gasteiger partial charge >= 0.3 is 0 Å². The Hall–Kier alpha value is -4.27. The third-order valence-electron chi connectivity index (χ3n) is 6.17. The van der Waals surface area contributed by atoms with Crippen LogP contribution in [0.3, 0.4) is 0 Å². The van der Waals surface area contributed by atoms with E-state index in [4.69, 9.17) is 22.3 Å². The fourth-order valence-corrected chi connectivity index (χ4v) is 5.67. The number of rotatable bonds is 5. The average molecular weight is 525 g/mol. The highest BCUT2D eigenvalue weighted by Gasteiger charge is 2.20. The zero-order chi connectivity index (χ0) is 25.5. The SMILES string of the molecule is C[C@H](Nc1nc(N)ncc1-c1nc2ccccc2s1)c1cc2cccc(Cl)c2c(=O)n1-c1ccccc1. The first kappa shape index (κ1) is 23.1. The molecule has 1 atom stereocenters. The van der Waals surface area contributed by atoms with Crippen molar-refractivity contribution in [2.45, 2.75) is 13.0 Å². The number of aromatic nitrogens is 4. The highest BCUT2D eigenvalue weighted by atomic mass is 35.5. The molecule has 182 valence electrons. The Morgan fingerprint density at radius 2 is 1.78 bits per heavy atom. The Morgan fingerprint density at radius 1 is 1.00 bits per heavy atom. The van der Waals surface area contributed by atoms with Crippen molar-refractivity contribution in [3.8, 4) is 16.3 Å². The lowest BCUT2D eigenvalue weighted by molar-refractivity contribution is 0.773. The lowest BCUT2D eigenvalue weighted by atomic mass is 10.1. The topological polar surface area (TPSA) is 98.7 Å². The Labute approximate surface area is 221 Å². The second-order valence-electron chi connectivity index (χ2n) is 8.59. The molecule has 0 aliphatic heterocycles. The largest absolute Gasteiger partial charge is 0.368 e. The van der Waals surface area contributed by atoms with Gasteiger partial charge in [0.25, 0.3) is 5.56 Å². The second-order valence-corrected chi connectivity index (χ2v) is 10.0. The lowest BCUT2D eigenvalue weighted by Gasteiger charge is -2.22. The number of anilines is 2. The van der Waals surface area contributed by atoms with Crippen LogP contribution in [0.4, 0.5) is 11.8 Å². The van der Waals surface area contributed by atoms with E-state index in [2.05, 4.69) is 15.3 Å². The first-order valence-corrected chi connectivity index (χ1v) is 12.8. The molecule has 9 heteroatoms. The number of nitrogens with zero attached hydrogens (tertiary/aromatic N) is 4. The van der Waals surface area contributed by atoms with Gasteiger partial charge in [-0.25, -0.2) is 9.97 Å². The van der Waals surface area contributed by atoms with Gasteiger partial charge in [0.2, 0.25) is 5.95 Å². The summed E-state index contributed by atoms with van der Waals surface area (Å²) in [5.41, 5.74) is 8.93. The maximum atomic E-state index is 13.8. The van der Waals surface area contributed by atoms with E-state index in [0.29, 0.717) is 16.2 Å². The van der Waals surface area contributed by atoms with Gasteiger partial charge in [-0.3, -0.25) is 9.36 Å². The minimum Gasteiger partial charge on any atom is -0.368 e. The van der Waals surface area contributed by atoms with Crippen molar-refractivity contribution in [3.05, 3.63) is 106 Å². The molecule has 6 rings (SSSR count). The van der Waals surface area contributed by atoms with Crippen LogP contribution in [0.15, 0.2) is 89.9 Å². The van der Waals surface area contributed by atoms with Crippen LogP contribution in [0, 0.1) is 0 Å². The van der Waals surface area contributed by atoms with Gasteiger partial charge in [0, 0.05) is 17.6 Å². The Morgan fingerprint density at radius 3 is 2.59 bits per heavy atom. The number of nitrogens with one attached hydrogen (secondary N) is 1. The maximum Gasteiger partial charge on any atom is 0.264 e. The summed E-state index contributed by atoms with van der Waals surface area (Å²) in [5.74, 6) is 0.683. The molecule has 0 bridgehead atoms. The van der Waals surface area contributed by atoms with E-state index in [9.17, 15) is 4.79 Å². The lowest BCUT2D eigenvalue weighted by Crippen LogP contribution is -2.26. The van der Waals surface area contributed by atoms with Crippen LogP contribution in [0.2, 0.25) is 5.02 Å². The average Bonchev–Trinajstić information content (AvgIpc) is 3.33. The van der Waals surface area contributed by atoms with Crippen molar-refractivity contribution in [1.29, 1.82) is 0 Å². The first-order chi connectivity index (χ1) is 18.0. The molecule has 0 aliphatic rings. The van der Waals surface area contributed by atoms with Crippen LogP contribution in [0.25, 0.3) is 37.2 Å². The molecular weight excluding hydrogens is 504 g/mol. The molecule has 0 radical (unpaired) electrons. The smallest absolute Gasteiger partial charge is 0.264 e. The Balaban J connectivity index is 1.50. The van der Waals surface area contributed by atoms with E-state index >= 15 is 0 Å². The number of pyridine rings is 1. The molecule has 0 aliphatic carbocycles. The third kappa shape index (κ3) is 4.20.